The topological polar surface area (TPSA) is 43.4 Å². The molecule has 0 unspecified atom stereocenters. The summed E-state index contributed by atoms with van der Waals surface area (Å²) in [7, 11) is -3.71. The number of hydrogen-bond donors (Lipinski definition) is 0. The van der Waals surface area contributed by atoms with Gasteiger partial charge in [-0.25, -0.2) is 0 Å². The van der Waals surface area contributed by atoms with Gasteiger partial charge in [0.1, 0.15) is 0 Å². The van der Waals surface area contributed by atoms with Crippen molar-refractivity contribution in [1.82, 2.24) is 0 Å². The van der Waals surface area contributed by atoms with Gasteiger partial charge in [-0.05, 0) is 31.2 Å². The van der Waals surface area contributed by atoms with Crippen LogP contribution in [0.3, 0.4) is 0 Å². The van der Waals surface area contributed by atoms with Crippen molar-refractivity contribution in [2.75, 3.05) is 0 Å². The Morgan fingerprint density at radius 1 is 0.944 bits per heavy atom. The molecule has 0 aliphatic rings. The van der Waals surface area contributed by atoms with E-state index in [4.69, 9.17) is 3.63 Å². The quantitative estimate of drug-likeness (QED) is 0.805. The van der Waals surface area contributed by atoms with Gasteiger partial charge in [0, 0.05) is 16.9 Å². The zero-order valence-corrected chi connectivity index (χ0v) is 11.4. The van der Waals surface area contributed by atoms with Crippen molar-refractivity contribution in [3.63, 3.8) is 0 Å². The third-order valence-corrected chi connectivity index (χ3v) is 4.58. The summed E-state index contributed by atoms with van der Waals surface area (Å²) in [6, 6.07) is 15.5. The van der Waals surface area contributed by atoms with Crippen molar-refractivity contribution in [3.05, 3.63) is 60.2 Å². The number of hydrogen-bond acceptors (Lipinski definition) is 4. The van der Waals surface area contributed by atoms with E-state index >= 15 is 0 Å². The van der Waals surface area contributed by atoms with Gasteiger partial charge in [-0.3, -0.25) is 0 Å². The highest BCUT2D eigenvalue weighted by Gasteiger charge is 2.15. The zero-order valence-electron chi connectivity index (χ0n) is 9.74. The molecule has 94 valence electrons. The van der Waals surface area contributed by atoms with Gasteiger partial charge >= 0.3 is 10.1 Å². The Balaban J connectivity index is 2.08. The Labute approximate surface area is 111 Å². The van der Waals surface area contributed by atoms with E-state index in [1.807, 2.05) is 31.2 Å². The third-order valence-electron chi connectivity index (χ3n) is 2.27. The largest absolute Gasteiger partial charge is 0.308 e. The normalized spacial score (nSPS) is 11.4. The first-order valence-corrected chi connectivity index (χ1v) is 7.46. The summed E-state index contributed by atoms with van der Waals surface area (Å²) in [5, 5.41) is 0. The van der Waals surface area contributed by atoms with E-state index in [-0.39, 0.29) is 4.90 Å². The van der Waals surface area contributed by atoms with Crippen molar-refractivity contribution in [2.24, 2.45) is 0 Å². The van der Waals surface area contributed by atoms with Crippen molar-refractivity contribution < 1.29 is 12.0 Å². The lowest BCUT2D eigenvalue weighted by Crippen LogP contribution is -2.00. The lowest BCUT2D eigenvalue weighted by Gasteiger charge is -2.04. The van der Waals surface area contributed by atoms with E-state index in [1.54, 1.807) is 18.2 Å². The molecular weight excluding hydrogens is 268 g/mol. The molecule has 0 fully saturated rings. The molecule has 2 aromatic carbocycles. The van der Waals surface area contributed by atoms with Crippen LogP contribution in [0.5, 0.6) is 0 Å². The van der Waals surface area contributed by atoms with Crippen LogP contribution in [-0.4, -0.2) is 8.42 Å². The Hall–Kier alpha value is -1.30. The summed E-state index contributed by atoms with van der Waals surface area (Å²) in [5.41, 5.74) is 1.12. The molecule has 0 aliphatic carbocycles. The molecule has 3 nitrogen and oxygen atoms in total. The lowest BCUT2D eigenvalue weighted by atomic mass is 10.2. The van der Waals surface area contributed by atoms with Gasteiger partial charge in [-0.1, -0.05) is 35.9 Å². The molecule has 0 aliphatic heterocycles. The molecule has 0 amide bonds. The van der Waals surface area contributed by atoms with Gasteiger partial charge in [-0.2, -0.15) is 12.0 Å². The molecule has 2 aromatic rings. The third kappa shape index (κ3) is 3.35. The molecule has 0 N–H and O–H groups in total. The van der Waals surface area contributed by atoms with Crippen LogP contribution in [0.1, 0.15) is 5.56 Å². The summed E-state index contributed by atoms with van der Waals surface area (Å²) >= 11 is 0.843. The first kappa shape index (κ1) is 13.1. The van der Waals surface area contributed by atoms with Crippen molar-refractivity contribution in [3.8, 4) is 0 Å². The predicted molar refractivity (Wildman–Crippen MR) is 71.7 cm³/mol. The van der Waals surface area contributed by atoms with E-state index in [0.29, 0.717) is 0 Å². The van der Waals surface area contributed by atoms with E-state index < -0.39 is 10.1 Å². The first-order chi connectivity index (χ1) is 8.58. The van der Waals surface area contributed by atoms with Crippen LogP contribution in [0.25, 0.3) is 0 Å². The summed E-state index contributed by atoms with van der Waals surface area (Å²) in [5.74, 6) is 0. The zero-order chi connectivity index (χ0) is 13.0. The van der Waals surface area contributed by atoms with E-state index in [2.05, 4.69) is 0 Å². The molecule has 0 atom stereocenters. The maximum atomic E-state index is 11.8. The van der Waals surface area contributed by atoms with E-state index in [1.165, 1.54) is 12.1 Å². The molecular formula is C13H12O3S2. The highest BCUT2D eigenvalue weighted by Crippen LogP contribution is 2.25. The second-order valence-corrected chi connectivity index (χ2v) is 6.29. The fourth-order valence-electron chi connectivity index (χ4n) is 1.30. The minimum atomic E-state index is -3.71. The summed E-state index contributed by atoms with van der Waals surface area (Å²) in [4.78, 5) is 0.907. The molecule has 0 heterocycles. The molecule has 18 heavy (non-hydrogen) atoms. The van der Waals surface area contributed by atoms with Gasteiger partial charge < -0.3 is 0 Å². The molecule has 0 aromatic heterocycles. The Bertz CT molecular complexity index is 604. The molecule has 0 saturated carbocycles. The van der Waals surface area contributed by atoms with Gasteiger partial charge in [0.25, 0.3) is 0 Å². The van der Waals surface area contributed by atoms with Crippen LogP contribution < -0.4 is 0 Å². The second-order valence-electron chi connectivity index (χ2n) is 3.73. The Morgan fingerprint density at radius 2 is 1.56 bits per heavy atom. The maximum absolute atomic E-state index is 11.8. The van der Waals surface area contributed by atoms with Crippen LogP contribution in [0.15, 0.2) is 64.4 Å². The van der Waals surface area contributed by atoms with Gasteiger partial charge in [0.15, 0.2) is 0 Å². The highest BCUT2D eigenvalue weighted by molar-refractivity contribution is 8.04. The summed E-state index contributed by atoms with van der Waals surface area (Å²) in [6.45, 7) is 1.97. The molecule has 0 spiro atoms. The predicted octanol–water partition coefficient (Wildman–Crippen LogP) is 3.41. The van der Waals surface area contributed by atoms with Crippen LogP contribution in [-0.2, 0) is 13.7 Å². The van der Waals surface area contributed by atoms with Gasteiger partial charge in [-0.15, -0.1) is 0 Å². The fourth-order valence-corrected chi connectivity index (χ4v) is 3.03. The smallest absolute Gasteiger partial charge is 0.193 e. The molecule has 0 bridgehead atoms. The minimum Gasteiger partial charge on any atom is -0.193 e. The van der Waals surface area contributed by atoms with Crippen molar-refractivity contribution in [2.45, 2.75) is 16.7 Å². The summed E-state index contributed by atoms with van der Waals surface area (Å²) in [6.07, 6.45) is 0. The standard InChI is InChI=1S/C13H12O3S2/c1-11-7-9-12(10-8-11)17-16-18(14,15)13-5-3-2-4-6-13/h2-10H,1H3. The molecule has 0 radical (unpaired) electrons. The van der Waals surface area contributed by atoms with Gasteiger partial charge in [0.05, 0.1) is 4.90 Å². The number of rotatable bonds is 4. The van der Waals surface area contributed by atoms with Crippen LogP contribution in [0, 0.1) is 6.92 Å². The first-order valence-electron chi connectivity index (χ1n) is 5.31. The van der Waals surface area contributed by atoms with Crippen molar-refractivity contribution >= 4 is 22.2 Å². The SMILES string of the molecule is Cc1ccc(SOS(=O)(=O)c2ccccc2)cc1. The van der Waals surface area contributed by atoms with Gasteiger partial charge in [0.2, 0.25) is 0 Å². The Morgan fingerprint density at radius 3 is 2.17 bits per heavy atom. The molecule has 5 heteroatoms. The van der Waals surface area contributed by atoms with Crippen LogP contribution >= 0.6 is 12.0 Å². The lowest BCUT2D eigenvalue weighted by molar-refractivity contribution is 0.518. The monoisotopic (exact) mass is 280 g/mol. The van der Waals surface area contributed by atoms with E-state index in [0.717, 1.165) is 22.5 Å². The molecule has 0 saturated heterocycles. The maximum Gasteiger partial charge on any atom is 0.308 e. The second kappa shape index (κ2) is 5.56. The number of aryl methyl sites for hydroxylation is 1. The number of benzene rings is 2. The highest BCUT2D eigenvalue weighted by atomic mass is 32.3. The molecule has 2 rings (SSSR count). The van der Waals surface area contributed by atoms with Crippen molar-refractivity contribution in [1.29, 1.82) is 0 Å². The van der Waals surface area contributed by atoms with Crippen LogP contribution in [0.4, 0.5) is 0 Å². The Kier molecular flexibility index (Phi) is 4.06. The van der Waals surface area contributed by atoms with E-state index in [9.17, 15) is 8.42 Å². The fraction of sp³-hybridized carbons (Fsp3) is 0.0769. The summed E-state index contributed by atoms with van der Waals surface area (Å²) < 4.78 is 28.6. The average Bonchev–Trinajstić information content (AvgIpc) is 2.39. The van der Waals surface area contributed by atoms with Crippen LogP contribution in [0.2, 0.25) is 0 Å². The minimum absolute atomic E-state index is 0.157. The average molecular weight is 280 g/mol.